The van der Waals surface area contributed by atoms with Gasteiger partial charge in [0.05, 0.1) is 22.1 Å². The van der Waals surface area contributed by atoms with Crippen molar-refractivity contribution in [1.82, 2.24) is 14.7 Å². The average molecular weight is 488 g/mol. The van der Waals surface area contributed by atoms with Crippen LogP contribution in [-0.2, 0) is 19.4 Å². The zero-order chi connectivity index (χ0) is 23.6. The summed E-state index contributed by atoms with van der Waals surface area (Å²) < 4.78 is 30.9. The van der Waals surface area contributed by atoms with Gasteiger partial charge in [0.1, 0.15) is 11.3 Å². The van der Waals surface area contributed by atoms with Crippen LogP contribution in [0.4, 0.5) is 0 Å². The number of esters is 1. The molecule has 10 heteroatoms. The summed E-state index contributed by atoms with van der Waals surface area (Å²) in [5.74, 6) is -1.05. The fraction of sp³-hybridized carbons (Fsp3) is 0.348. The maximum absolute atomic E-state index is 13.1. The lowest BCUT2D eigenvalue weighted by atomic mass is 10.2. The number of carbonyl (C=O) groups is 2. The molecule has 1 aliphatic heterocycles. The number of likely N-dealkylation sites (N-methyl/N-ethyl adjacent to an activating group) is 1. The summed E-state index contributed by atoms with van der Waals surface area (Å²) in [5, 5.41) is 6.49. The van der Waals surface area contributed by atoms with E-state index in [0.29, 0.717) is 18.7 Å². The van der Waals surface area contributed by atoms with Crippen molar-refractivity contribution in [2.45, 2.75) is 32.4 Å². The predicted octanol–water partition coefficient (Wildman–Crippen LogP) is 3.18. The first-order valence-electron chi connectivity index (χ1n) is 10.7. The van der Waals surface area contributed by atoms with Crippen molar-refractivity contribution in [2.75, 3.05) is 18.1 Å². The van der Waals surface area contributed by atoms with Gasteiger partial charge >= 0.3 is 5.97 Å². The second kappa shape index (κ2) is 9.48. The Bertz CT molecular complexity index is 1240. The molecule has 2 atom stereocenters. The molecule has 0 bridgehead atoms. The van der Waals surface area contributed by atoms with Gasteiger partial charge < -0.3 is 9.64 Å². The van der Waals surface area contributed by atoms with Crippen molar-refractivity contribution in [2.24, 2.45) is 0 Å². The molecule has 0 N–H and O–H groups in total. The monoisotopic (exact) mass is 487 g/mol. The van der Waals surface area contributed by atoms with Crippen LogP contribution < -0.4 is 0 Å². The minimum absolute atomic E-state index is 0.0559. The second-order valence-corrected chi connectivity index (χ2v) is 11.1. The number of nitrogens with zero attached hydrogens (tertiary/aromatic N) is 3. The van der Waals surface area contributed by atoms with Gasteiger partial charge in [-0.25, -0.2) is 17.9 Å². The SMILES string of the molecule is CCN(C(=O)[C@H](C)OC(=O)c1cn(-c2ccccc2)nc1-c1cccs1)[C@@H]1CCS(=O)(=O)C1. The number of ether oxygens (including phenoxy) is 1. The van der Waals surface area contributed by atoms with Crippen LogP contribution in [0, 0.1) is 0 Å². The fourth-order valence-corrected chi connectivity index (χ4v) is 6.41. The van der Waals surface area contributed by atoms with Gasteiger partial charge in [-0.05, 0) is 43.8 Å². The molecule has 1 fully saturated rings. The molecule has 1 amide bonds. The van der Waals surface area contributed by atoms with Crippen LogP contribution in [0.3, 0.4) is 0 Å². The molecule has 0 radical (unpaired) electrons. The minimum atomic E-state index is -3.14. The van der Waals surface area contributed by atoms with E-state index in [9.17, 15) is 18.0 Å². The number of hydrogen-bond donors (Lipinski definition) is 0. The Morgan fingerprint density at radius 2 is 2.00 bits per heavy atom. The van der Waals surface area contributed by atoms with E-state index >= 15 is 0 Å². The maximum atomic E-state index is 13.1. The van der Waals surface area contributed by atoms with Crippen LogP contribution >= 0.6 is 11.3 Å². The van der Waals surface area contributed by atoms with Gasteiger partial charge in [-0.2, -0.15) is 5.10 Å². The Morgan fingerprint density at radius 3 is 2.61 bits per heavy atom. The quantitative estimate of drug-likeness (QED) is 0.475. The van der Waals surface area contributed by atoms with Crippen LogP contribution in [0.15, 0.2) is 54.0 Å². The molecule has 4 rings (SSSR count). The molecule has 8 nitrogen and oxygen atoms in total. The Morgan fingerprint density at radius 1 is 1.24 bits per heavy atom. The number of carbonyl (C=O) groups excluding carboxylic acids is 2. The third-order valence-corrected chi connectivity index (χ3v) is 8.24. The molecule has 0 aliphatic carbocycles. The zero-order valence-electron chi connectivity index (χ0n) is 18.4. The molecule has 0 unspecified atom stereocenters. The summed E-state index contributed by atoms with van der Waals surface area (Å²) in [6, 6.07) is 12.8. The summed E-state index contributed by atoms with van der Waals surface area (Å²) in [7, 11) is -3.14. The Hall–Kier alpha value is -2.98. The second-order valence-electron chi connectivity index (χ2n) is 7.88. The summed E-state index contributed by atoms with van der Waals surface area (Å²) >= 11 is 1.45. The highest BCUT2D eigenvalue weighted by Gasteiger charge is 2.36. The van der Waals surface area contributed by atoms with Gasteiger partial charge in [0.2, 0.25) is 0 Å². The normalized spacial score (nSPS) is 18.1. The predicted molar refractivity (Wildman–Crippen MR) is 126 cm³/mol. The molecular formula is C23H25N3O5S2. The highest BCUT2D eigenvalue weighted by atomic mass is 32.2. The molecule has 3 aromatic rings. The third-order valence-electron chi connectivity index (χ3n) is 5.61. The minimum Gasteiger partial charge on any atom is -0.449 e. The summed E-state index contributed by atoms with van der Waals surface area (Å²) in [6.45, 7) is 3.64. The van der Waals surface area contributed by atoms with Gasteiger partial charge in [-0.3, -0.25) is 4.79 Å². The van der Waals surface area contributed by atoms with Gasteiger partial charge in [-0.1, -0.05) is 24.3 Å². The number of rotatable bonds is 7. The smallest absolute Gasteiger partial charge is 0.342 e. The van der Waals surface area contributed by atoms with Crippen molar-refractivity contribution in [1.29, 1.82) is 0 Å². The lowest BCUT2D eigenvalue weighted by Crippen LogP contribution is -2.46. The molecule has 1 saturated heterocycles. The summed E-state index contributed by atoms with van der Waals surface area (Å²) in [6.07, 6.45) is 0.942. The Kier molecular flexibility index (Phi) is 6.66. The standard InChI is InChI=1S/C23H25N3O5S2/c1-3-25(18-11-13-33(29,30)15-18)22(27)16(2)31-23(28)19-14-26(17-8-5-4-6-9-17)24-21(19)20-10-7-12-32-20/h4-10,12,14,16,18H,3,11,13,15H2,1-2H3/t16-,18+/m0/s1. The fourth-order valence-electron chi connectivity index (χ4n) is 3.95. The van der Waals surface area contributed by atoms with Gasteiger partial charge in [0.25, 0.3) is 5.91 Å². The highest BCUT2D eigenvalue weighted by Crippen LogP contribution is 2.29. The van der Waals surface area contributed by atoms with Crippen molar-refractivity contribution < 1.29 is 22.7 Å². The van der Waals surface area contributed by atoms with Crippen molar-refractivity contribution in [3.05, 3.63) is 59.6 Å². The average Bonchev–Trinajstić information content (AvgIpc) is 3.54. The molecule has 174 valence electrons. The first-order valence-corrected chi connectivity index (χ1v) is 13.4. The molecule has 3 heterocycles. The third kappa shape index (κ3) is 5.01. The van der Waals surface area contributed by atoms with Gasteiger partial charge in [0, 0.05) is 18.8 Å². The molecule has 33 heavy (non-hydrogen) atoms. The van der Waals surface area contributed by atoms with E-state index in [-0.39, 0.29) is 17.1 Å². The largest absolute Gasteiger partial charge is 0.449 e. The van der Waals surface area contributed by atoms with Crippen LogP contribution in [0.1, 0.15) is 30.6 Å². The summed E-state index contributed by atoms with van der Waals surface area (Å²) in [4.78, 5) is 28.4. The first kappa shape index (κ1) is 23.2. The van der Waals surface area contributed by atoms with E-state index in [4.69, 9.17) is 4.74 Å². The van der Waals surface area contributed by atoms with Gasteiger partial charge in [-0.15, -0.1) is 11.3 Å². The number of thiophene rings is 1. The van der Waals surface area contributed by atoms with Crippen LogP contribution in [-0.4, -0.2) is 65.2 Å². The molecular weight excluding hydrogens is 462 g/mol. The number of para-hydroxylation sites is 1. The number of sulfone groups is 1. The number of hydrogen-bond acceptors (Lipinski definition) is 7. The molecule has 0 spiro atoms. The lowest BCUT2D eigenvalue weighted by molar-refractivity contribution is -0.141. The number of aromatic nitrogens is 2. The van der Waals surface area contributed by atoms with Crippen molar-refractivity contribution in [3.63, 3.8) is 0 Å². The van der Waals surface area contributed by atoms with E-state index in [1.165, 1.54) is 23.2 Å². The molecule has 1 aromatic carbocycles. The topological polar surface area (TPSA) is 98.6 Å². The van der Waals surface area contributed by atoms with Crippen LogP contribution in [0.25, 0.3) is 16.3 Å². The van der Waals surface area contributed by atoms with E-state index < -0.39 is 33.9 Å². The number of benzene rings is 1. The van der Waals surface area contributed by atoms with E-state index in [0.717, 1.165) is 10.6 Å². The molecule has 0 saturated carbocycles. The molecule has 1 aliphatic rings. The zero-order valence-corrected chi connectivity index (χ0v) is 20.0. The van der Waals surface area contributed by atoms with E-state index in [2.05, 4.69) is 5.10 Å². The Balaban J connectivity index is 1.56. The van der Waals surface area contributed by atoms with Crippen molar-refractivity contribution in [3.8, 4) is 16.3 Å². The van der Waals surface area contributed by atoms with Crippen LogP contribution in [0.5, 0.6) is 0 Å². The maximum Gasteiger partial charge on any atom is 0.342 e. The summed E-state index contributed by atoms with van der Waals surface area (Å²) in [5.41, 5.74) is 1.53. The van der Waals surface area contributed by atoms with Crippen LogP contribution in [0.2, 0.25) is 0 Å². The van der Waals surface area contributed by atoms with E-state index in [1.54, 1.807) is 17.8 Å². The van der Waals surface area contributed by atoms with Crippen molar-refractivity contribution >= 4 is 33.1 Å². The molecule has 2 aromatic heterocycles. The highest BCUT2D eigenvalue weighted by molar-refractivity contribution is 7.91. The number of amides is 1. The van der Waals surface area contributed by atoms with Gasteiger partial charge in [0.15, 0.2) is 15.9 Å². The van der Waals surface area contributed by atoms with E-state index in [1.807, 2.05) is 47.8 Å². The lowest BCUT2D eigenvalue weighted by Gasteiger charge is -2.29. The Labute approximate surface area is 196 Å². The first-order chi connectivity index (χ1) is 15.8.